The summed E-state index contributed by atoms with van der Waals surface area (Å²) in [4.78, 5) is 34.9. The molecule has 3 aromatic rings. The predicted octanol–water partition coefficient (Wildman–Crippen LogP) is 6.97. The van der Waals surface area contributed by atoms with Gasteiger partial charge in [0.15, 0.2) is 5.75 Å². The van der Waals surface area contributed by atoms with Crippen LogP contribution in [0.4, 0.5) is 11.4 Å². The molecule has 3 rings (SSSR count). The second kappa shape index (κ2) is 11.9. The highest BCUT2D eigenvalue weighted by Crippen LogP contribution is 2.40. The summed E-state index contributed by atoms with van der Waals surface area (Å²) in [6.45, 7) is 1.90. The molecule has 0 fully saturated rings. The summed E-state index contributed by atoms with van der Waals surface area (Å²) in [5.74, 6) is -0.0458. The van der Waals surface area contributed by atoms with Crippen LogP contribution in [0.15, 0.2) is 63.5 Å². The van der Waals surface area contributed by atoms with E-state index in [4.69, 9.17) is 4.74 Å². The lowest BCUT2D eigenvalue weighted by molar-refractivity contribution is -0.384. The summed E-state index contributed by atoms with van der Waals surface area (Å²) in [6, 6.07) is 14.9. The van der Waals surface area contributed by atoms with Crippen LogP contribution in [0, 0.1) is 17.0 Å². The quantitative estimate of drug-likeness (QED) is 0.160. The van der Waals surface area contributed by atoms with Crippen molar-refractivity contribution in [2.75, 3.05) is 12.4 Å². The average molecular weight is 606 g/mol. The second-order valence-electron chi connectivity index (χ2n) is 7.68. The number of nitro benzene ring substituents is 1. The van der Waals surface area contributed by atoms with E-state index in [1.54, 1.807) is 30.3 Å². The van der Waals surface area contributed by atoms with Crippen LogP contribution in [0.25, 0.3) is 0 Å². The molecule has 8 nitrogen and oxygen atoms in total. The Labute approximate surface area is 219 Å². The minimum absolute atomic E-state index is 0.0620. The van der Waals surface area contributed by atoms with Crippen molar-refractivity contribution in [3.63, 3.8) is 0 Å². The topological polar surface area (TPSA) is 108 Å². The van der Waals surface area contributed by atoms with Crippen molar-refractivity contribution in [2.24, 2.45) is 0 Å². The van der Waals surface area contributed by atoms with E-state index >= 15 is 0 Å². The molecule has 0 aromatic heterocycles. The Kier molecular flexibility index (Phi) is 9.00. The second-order valence-corrected chi connectivity index (χ2v) is 9.39. The van der Waals surface area contributed by atoms with Crippen LogP contribution in [-0.4, -0.2) is 23.9 Å². The molecule has 182 valence electrons. The van der Waals surface area contributed by atoms with E-state index in [1.165, 1.54) is 19.2 Å². The molecule has 0 saturated heterocycles. The number of esters is 1. The molecule has 0 bridgehead atoms. The summed E-state index contributed by atoms with van der Waals surface area (Å²) in [6.07, 6.45) is 1.61. The Bertz CT molecular complexity index is 1240. The molecule has 1 N–H and O–H groups in total. The number of benzene rings is 3. The van der Waals surface area contributed by atoms with E-state index in [2.05, 4.69) is 41.9 Å². The molecular formula is C25H22Br2N2O6. The maximum atomic E-state index is 12.5. The number of methoxy groups -OCH3 is 1. The zero-order valence-corrected chi connectivity index (χ0v) is 22.1. The first-order chi connectivity index (χ1) is 16.7. The number of hydrogen-bond acceptors (Lipinski definition) is 6. The molecule has 0 spiro atoms. The Balaban J connectivity index is 1.77. The average Bonchev–Trinajstić information content (AvgIpc) is 2.82. The van der Waals surface area contributed by atoms with Crippen molar-refractivity contribution in [3.8, 4) is 11.5 Å². The van der Waals surface area contributed by atoms with Gasteiger partial charge in [-0.25, -0.2) is 0 Å². The van der Waals surface area contributed by atoms with Gasteiger partial charge in [0.05, 0.1) is 27.0 Å². The number of carbonyl (C=O) groups excluding carboxylic acids is 2. The smallest absolute Gasteiger partial charge is 0.305 e. The van der Waals surface area contributed by atoms with E-state index in [0.717, 1.165) is 11.1 Å². The van der Waals surface area contributed by atoms with Gasteiger partial charge >= 0.3 is 5.97 Å². The minimum Gasteiger partial charge on any atom is -0.469 e. The lowest BCUT2D eigenvalue weighted by Crippen LogP contribution is -2.13. The van der Waals surface area contributed by atoms with E-state index in [-0.39, 0.29) is 23.1 Å². The highest BCUT2D eigenvalue weighted by atomic mass is 79.9. The maximum absolute atomic E-state index is 12.5. The van der Waals surface area contributed by atoms with Crippen molar-refractivity contribution < 1.29 is 24.0 Å². The zero-order valence-electron chi connectivity index (χ0n) is 19.0. The Morgan fingerprint density at radius 1 is 1.03 bits per heavy atom. The molecule has 0 aliphatic rings. The molecule has 10 heteroatoms. The predicted molar refractivity (Wildman–Crippen MR) is 139 cm³/mol. The number of halogens is 2. The van der Waals surface area contributed by atoms with Crippen LogP contribution in [0.1, 0.15) is 34.3 Å². The fraction of sp³-hybridized carbons (Fsp3) is 0.200. The van der Waals surface area contributed by atoms with E-state index < -0.39 is 10.8 Å². The lowest BCUT2D eigenvalue weighted by atomic mass is 10.1. The van der Waals surface area contributed by atoms with Gasteiger partial charge in [0.1, 0.15) is 11.4 Å². The first-order valence-electron chi connectivity index (χ1n) is 10.6. The first kappa shape index (κ1) is 26.4. The molecule has 0 aliphatic carbocycles. The molecule has 0 atom stereocenters. The van der Waals surface area contributed by atoms with Gasteiger partial charge in [-0.2, -0.15) is 0 Å². The number of nitro groups is 1. The molecule has 35 heavy (non-hydrogen) atoms. The van der Waals surface area contributed by atoms with Gasteiger partial charge in [0.2, 0.25) is 0 Å². The van der Waals surface area contributed by atoms with Gasteiger partial charge in [-0.1, -0.05) is 17.7 Å². The van der Waals surface area contributed by atoms with Gasteiger partial charge < -0.3 is 14.8 Å². The fourth-order valence-electron chi connectivity index (χ4n) is 3.24. The zero-order chi connectivity index (χ0) is 25.5. The monoisotopic (exact) mass is 604 g/mol. The maximum Gasteiger partial charge on any atom is 0.305 e. The third-order valence-corrected chi connectivity index (χ3v) is 6.26. The highest BCUT2D eigenvalue weighted by Gasteiger charge is 2.19. The van der Waals surface area contributed by atoms with Gasteiger partial charge in [0.25, 0.3) is 11.6 Å². The normalized spacial score (nSPS) is 10.5. The SMILES string of the molecule is COC(=O)CCCc1cc(Br)c(Oc2ccc(NC(=O)c3ccc(C)cc3)c([N+](=O)[O-])c2)c(Br)c1. The molecule has 1 amide bonds. The Hall–Kier alpha value is -3.24. The third kappa shape index (κ3) is 7.12. The van der Waals surface area contributed by atoms with Crippen LogP contribution in [0.2, 0.25) is 0 Å². The van der Waals surface area contributed by atoms with E-state index in [9.17, 15) is 19.7 Å². The number of carbonyl (C=O) groups is 2. The standard InChI is InChI=1S/C25H22Br2N2O6/c1-15-6-8-17(9-7-15)25(31)28-21-11-10-18(14-22(21)29(32)33)35-24-19(26)12-16(13-20(24)27)4-3-5-23(30)34-2/h6-14H,3-5H2,1-2H3,(H,28,31). The molecule has 0 radical (unpaired) electrons. The Morgan fingerprint density at radius 2 is 1.69 bits per heavy atom. The molecule has 0 saturated carbocycles. The summed E-state index contributed by atoms with van der Waals surface area (Å²) >= 11 is 6.96. The van der Waals surface area contributed by atoms with Crippen LogP contribution in [-0.2, 0) is 16.0 Å². The van der Waals surface area contributed by atoms with E-state index in [1.807, 2.05) is 19.1 Å². The van der Waals surface area contributed by atoms with Gasteiger partial charge in [-0.05, 0) is 93.6 Å². The highest BCUT2D eigenvalue weighted by molar-refractivity contribution is 9.11. The van der Waals surface area contributed by atoms with Gasteiger partial charge in [-0.15, -0.1) is 0 Å². The number of ether oxygens (including phenoxy) is 2. The van der Waals surface area contributed by atoms with Crippen LogP contribution >= 0.6 is 31.9 Å². The van der Waals surface area contributed by atoms with Gasteiger partial charge in [-0.3, -0.25) is 19.7 Å². The summed E-state index contributed by atoms with van der Waals surface area (Å²) in [5, 5.41) is 14.3. The summed E-state index contributed by atoms with van der Waals surface area (Å²) in [5.41, 5.74) is 2.13. The molecule has 3 aromatic carbocycles. The molecule has 0 heterocycles. The van der Waals surface area contributed by atoms with Crippen molar-refractivity contribution in [1.29, 1.82) is 0 Å². The lowest BCUT2D eigenvalue weighted by Gasteiger charge is -2.13. The van der Waals surface area contributed by atoms with Gasteiger partial charge in [0, 0.05) is 12.0 Å². The number of rotatable bonds is 9. The first-order valence-corrected chi connectivity index (χ1v) is 12.2. The fourth-order valence-corrected chi connectivity index (χ4v) is 4.69. The van der Waals surface area contributed by atoms with Crippen molar-refractivity contribution in [1.82, 2.24) is 0 Å². The molecule has 0 aliphatic heterocycles. The van der Waals surface area contributed by atoms with Crippen molar-refractivity contribution in [3.05, 3.63) is 90.3 Å². The molecule has 0 unspecified atom stereocenters. The van der Waals surface area contributed by atoms with Crippen LogP contribution in [0.3, 0.4) is 0 Å². The largest absolute Gasteiger partial charge is 0.469 e. The summed E-state index contributed by atoms with van der Waals surface area (Å²) in [7, 11) is 1.36. The number of amides is 1. The number of nitrogens with one attached hydrogen (secondary N) is 1. The van der Waals surface area contributed by atoms with Crippen LogP contribution in [0.5, 0.6) is 11.5 Å². The van der Waals surface area contributed by atoms with Crippen LogP contribution < -0.4 is 10.1 Å². The number of anilines is 1. The van der Waals surface area contributed by atoms with Crippen molar-refractivity contribution >= 4 is 55.1 Å². The number of hydrogen-bond donors (Lipinski definition) is 1. The summed E-state index contributed by atoms with van der Waals surface area (Å²) < 4.78 is 11.9. The van der Waals surface area contributed by atoms with Crippen molar-refractivity contribution in [2.45, 2.75) is 26.2 Å². The number of aryl methyl sites for hydroxylation is 2. The third-order valence-electron chi connectivity index (χ3n) is 5.08. The number of nitrogens with zero attached hydrogens (tertiary/aromatic N) is 1. The minimum atomic E-state index is -0.577. The van der Waals surface area contributed by atoms with E-state index in [0.29, 0.717) is 39.5 Å². The molecular weight excluding hydrogens is 584 g/mol. The Morgan fingerprint density at radius 3 is 2.29 bits per heavy atom.